The van der Waals surface area contributed by atoms with Crippen LogP contribution in [0.15, 0.2) is 78.2 Å². The first kappa shape index (κ1) is 19.6. The summed E-state index contributed by atoms with van der Waals surface area (Å²) in [6, 6.07) is 14.8. The lowest BCUT2D eigenvalue weighted by molar-refractivity contribution is -0.115. The number of hydrazine groups is 1. The molecule has 2 aromatic rings. The van der Waals surface area contributed by atoms with Crippen molar-refractivity contribution in [2.45, 2.75) is 18.9 Å². The minimum absolute atomic E-state index is 0.0245. The van der Waals surface area contributed by atoms with E-state index in [1.165, 1.54) is 0 Å². The van der Waals surface area contributed by atoms with E-state index in [4.69, 9.17) is 17.3 Å². The molecule has 2 aliphatic heterocycles. The van der Waals surface area contributed by atoms with Gasteiger partial charge in [-0.3, -0.25) is 14.6 Å². The zero-order valence-corrected chi connectivity index (χ0v) is 17.5. The molecule has 156 valence electrons. The van der Waals surface area contributed by atoms with Gasteiger partial charge in [0, 0.05) is 46.2 Å². The van der Waals surface area contributed by atoms with Gasteiger partial charge in [0.15, 0.2) is 0 Å². The quantitative estimate of drug-likeness (QED) is 0.756. The molecule has 0 unspecified atom stereocenters. The number of carbonyl (C=O) groups is 2. The van der Waals surface area contributed by atoms with Crippen molar-refractivity contribution < 1.29 is 9.59 Å². The van der Waals surface area contributed by atoms with Gasteiger partial charge in [0.05, 0.1) is 5.70 Å². The Kier molecular flexibility index (Phi) is 4.88. The molecule has 2 aromatic carbocycles. The van der Waals surface area contributed by atoms with Gasteiger partial charge in [-0.2, -0.15) is 0 Å². The van der Waals surface area contributed by atoms with Crippen molar-refractivity contribution in [3.63, 3.8) is 0 Å². The molecule has 0 radical (unpaired) electrons. The van der Waals surface area contributed by atoms with Crippen LogP contribution in [0.1, 0.15) is 28.8 Å². The van der Waals surface area contributed by atoms with Crippen LogP contribution in [0.5, 0.6) is 0 Å². The van der Waals surface area contributed by atoms with Gasteiger partial charge in [-0.25, -0.2) is 5.43 Å². The Morgan fingerprint density at radius 1 is 1.06 bits per heavy atom. The van der Waals surface area contributed by atoms with Crippen molar-refractivity contribution in [1.29, 1.82) is 0 Å². The molecule has 0 saturated heterocycles. The maximum absolute atomic E-state index is 13.5. The number of primary amides is 1. The molecule has 0 aromatic heterocycles. The van der Waals surface area contributed by atoms with Crippen LogP contribution in [0.3, 0.4) is 0 Å². The first-order chi connectivity index (χ1) is 15.0. The Hall–Kier alpha value is -3.35. The van der Waals surface area contributed by atoms with E-state index in [9.17, 15) is 9.59 Å². The van der Waals surface area contributed by atoms with Gasteiger partial charge in [0.2, 0.25) is 5.91 Å². The molecule has 3 aliphatic rings. The Morgan fingerprint density at radius 2 is 1.77 bits per heavy atom. The van der Waals surface area contributed by atoms with Crippen LogP contribution in [0, 0.1) is 0 Å². The van der Waals surface area contributed by atoms with Gasteiger partial charge >= 0.3 is 0 Å². The van der Waals surface area contributed by atoms with Crippen molar-refractivity contribution >= 4 is 34.7 Å². The van der Waals surface area contributed by atoms with Crippen molar-refractivity contribution in [2.24, 2.45) is 5.73 Å². The standard InChI is InChI=1S/C24H21ClN4O2/c25-18-5-7-19(8-6-18)29(20-9-10-20)24(31)17-11-12-28-22(13-17)21(14-27-28)15-1-3-16(4-2-15)23(26)30/h1-8,11-13,20,27H,9-10,14H2,(H2,26,30). The first-order valence-electron chi connectivity index (χ1n) is 10.2. The molecule has 1 saturated carbocycles. The van der Waals surface area contributed by atoms with E-state index in [2.05, 4.69) is 5.43 Å². The third-order valence-corrected chi connectivity index (χ3v) is 5.94. The Labute approximate surface area is 185 Å². The van der Waals surface area contributed by atoms with Crippen molar-refractivity contribution in [1.82, 2.24) is 10.4 Å². The summed E-state index contributed by atoms with van der Waals surface area (Å²) in [5.74, 6) is -0.477. The second kappa shape index (κ2) is 7.72. The van der Waals surface area contributed by atoms with Gasteiger partial charge in [0.1, 0.15) is 0 Å². The molecule has 31 heavy (non-hydrogen) atoms. The molecule has 0 spiro atoms. The predicted molar refractivity (Wildman–Crippen MR) is 121 cm³/mol. The van der Waals surface area contributed by atoms with Crippen LogP contribution < -0.4 is 16.1 Å². The van der Waals surface area contributed by atoms with Crippen molar-refractivity contribution in [3.05, 3.63) is 94.3 Å². The fourth-order valence-corrected chi connectivity index (χ4v) is 4.04. The third-order valence-electron chi connectivity index (χ3n) is 5.69. The molecule has 7 heteroatoms. The molecule has 2 amide bonds. The average Bonchev–Trinajstić information content (AvgIpc) is 3.52. The maximum atomic E-state index is 13.5. The average molecular weight is 433 g/mol. The largest absolute Gasteiger partial charge is 0.366 e. The van der Waals surface area contributed by atoms with Crippen LogP contribution in [-0.2, 0) is 4.79 Å². The van der Waals surface area contributed by atoms with Gasteiger partial charge in [-0.1, -0.05) is 23.7 Å². The summed E-state index contributed by atoms with van der Waals surface area (Å²) in [5.41, 5.74) is 13.6. The van der Waals surface area contributed by atoms with E-state index in [-0.39, 0.29) is 11.9 Å². The van der Waals surface area contributed by atoms with E-state index >= 15 is 0 Å². The minimum atomic E-state index is -0.453. The van der Waals surface area contributed by atoms with Gasteiger partial charge < -0.3 is 10.6 Å². The number of carbonyl (C=O) groups excluding carboxylic acids is 2. The molecule has 3 N–H and O–H groups in total. The number of anilines is 1. The highest BCUT2D eigenvalue weighted by Crippen LogP contribution is 2.35. The third kappa shape index (κ3) is 3.76. The lowest BCUT2D eigenvalue weighted by Gasteiger charge is -2.26. The lowest BCUT2D eigenvalue weighted by Crippen LogP contribution is -2.35. The highest BCUT2D eigenvalue weighted by atomic mass is 35.5. The highest BCUT2D eigenvalue weighted by Gasteiger charge is 2.35. The van der Waals surface area contributed by atoms with Crippen molar-refractivity contribution in [2.75, 3.05) is 11.4 Å². The summed E-state index contributed by atoms with van der Waals surface area (Å²) < 4.78 is 0. The number of benzene rings is 2. The van der Waals surface area contributed by atoms with Crippen LogP contribution in [0.4, 0.5) is 5.69 Å². The predicted octanol–water partition coefficient (Wildman–Crippen LogP) is 3.62. The Balaban J connectivity index is 1.48. The Morgan fingerprint density at radius 3 is 2.42 bits per heavy atom. The fraction of sp³-hybridized carbons (Fsp3) is 0.167. The number of nitrogens with zero attached hydrogens (tertiary/aromatic N) is 2. The van der Waals surface area contributed by atoms with E-state index in [1.807, 2.05) is 64.7 Å². The number of rotatable bonds is 5. The SMILES string of the molecule is NC(=O)c1ccc(C2=C3C=C(C(=O)N(c4ccc(Cl)cc4)C4CC4)C=CN3NC2)cc1. The second-order valence-corrected chi connectivity index (χ2v) is 8.24. The number of fused-ring (bicyclic) bond motifs is 1. The normalized spacial score (nSPS) is 17.5. The van der Waals surface area contributed by atoms with Crippen LogP contribution >= 0.6 is 11.6 Å². The van der Waals surface area contributed by atoms with Gasteiger partial charge in [-0.15, -0.1) is 0 Å². The first-order valence-corrected chi connectivity index (χ1v) is 10.5. The highest BCUT2D eigenvalue weighted by molar-refractivity contribution is 6.30. The summed E-state index contributed by atoms with van der Waals surface area (Å²) in [7, 11) is 0. The molecule has 2 heterocycles. The summed E-state index contributed by atoms with van der Waals surface area (Å²) in [5, 5.41) is 2.56. The smallest absolute Gasteiger partial charge is 0.258 e. The molecule has 1 aliphatic carbocycles. The minimum Gasteiger partial charge on any atom is -0.366 e. The number of halogens is 1. The van der Waals surface area contributed by atoms with Crippen LogP contribution in [0.2, 0.25) is 5.02 Å². The van der Waals surface area contributed by atoms with Crippen LogP contribution in [-0.4, -0.2) is 29.4 Å². The van der Waals surface area contributed by atoms with Crippen LogP contribution in [0.25, 0.3) is 5.57 Å². The Bertz CT molecular complexity index is 1150. The fourth-order valence-electron chi connectivity index (χ4n) is 3.91. The van der Waals surface area contributed by atoms with E-state index in [1.54, 1.807) is 12.1 Å². The number of allylic oxidation sites excluding steroid dienone is 1. The lowest BCUT2D eigenvalue weighted by atomic mass is 10.00. The molecule has 1 fully saturated rings. The molecule has 6 nitrogen and oxygen atoms in total. The number of nitrogens with one attached hydrogen (secondary N) is 1. The van der Waals surface area contributed by atoms with E-state index in [0.717, 1.165) is 35.4 Å². The molecule has 0 bridgehead atoms. The second-order valence-electron chi connectivity index (χ2n) is 7.81. The number of hydrogen-bond acceptors (Lipinski definition) is 4. The summed E-state index contributed by atoms with van der Waals surface area (Å²) in [6.07, 6.45) is 7.63. The monoisotopic (exact) mass is 432 g/mol. The molecule has 5 rings (SSSR count). The number of amides is 2. The van der Waals surface area contributed by atoms with Crippen molar-refractivity contribution in [3.8, 4) is 0 Å². The molecular formula is C24H21ClN4O2. The topological polar surface area (TPSA) is 78.7 Å². The summed E-state index contributed by atoms with van der Waals surface area (Å²) >= 11 is 6.03. The summed E-state index contributed by atoms with van der Waals surface area (Å²) in [4.78, 5) is 26.7. The number of nitrogens with two attached hydrogens (primary N) is 1. The maximum Gasteiger partial charge on any atom is 0.258 e. The van der Waals surface area contributed by atoms with Gasteiger partial charge in [-0.05, 0) is 67.0 Å². The zero-order chi connectivity index (χ0) is 21.5. The van der Waals surface area contributed by atoms with E-state index in [0.29, 0.717) is 22.7 Å². The molecule has 0 atom stereocenters. The number of hydrogen-bond donors (Lipinski definition) is 2. The summed E-state index contributed by atoms with van der Waals surface area (Å²) in [6.45, 7) is 0.622. The van der Waals surface area contributed by atoms with Gasteiger partial charge in [0.25, 0.3) is 5.91 Å². The molecular weight excluding hydrogens is 412 g/mol. The zero-order valence-electron chi connectivity index (χ0n) is 16.7. The van der Waals surface area contributed by atoms with E-state index < -0.39 is 5.91 Å².